The number of nitrogens with zero attached hydrogens (tertiary/aromatic N) is 2. The standard InChI is InChI=1S/C93H73BN2/c1-91(2,3)71-53-55-83-82(60-71)94-81-54-52-72(92(4,5)6)61-84(81)96(90-78(65-38-20-10-21-39-65)56-67(62-32-14-7-15-33-62)57-79(90)66-40-22-11-23-41-66)86-59-68(58-85(88(86)94)95(83)89-74(63-34-16-8-17-35-63)48-31-49-75(89)64-36-18-9-19-37-64)73-47-30-50-77-76-46-28-29-51-80(76)93(87(73)77,69-42-24-12-25-43-69)70-44-26-13-27-45-70/h7-61H,1-6H3. The van der Waals surface area contributed by atoms with E-state index in [1.54, 1.807) is 0 Å². The van der Waals surface area contributed by atoms with Gasteiger partial charge in [-0.25, -0.2) is 0 Å². The van der Waals surface area contributed by atoms with Crippen molar-refractivity contribution in [2.24, 2.45) is 0 Å². The number of fused-ring (bicyclic) bond motifs is 7. The van der Waals surface area contributed by atoms with Crippen molar-refractivity contribution in [3.63, 3.8) is 0 Å². The molecule has 2 nitrogen and oxygen atoms in total. The first-order valence-electron chi connectivity index (χ1n) is 33.9. The number of hydrogen-bond donors (Lipinski definition) is 0. The molecule has 14 aromatic carbocycles. The largest absolute Gasteiger partial charge is 0.310 e. The molecular formula is C93H73BN2. The Hall–Kier alpha value is -11.3. The number of rotatable bonds is 10. The van der Waals surface area contributed by atoms with Gasteiger partial charge in [-0.05, 0) is 153 Å². The fourth-order valence-corrected chi connectivity index (χ4v) is 16.1. The molecule has 1 aliphatic carbocycles. The summed E-state index contributed by atoms with van der Waals surface area (Å²) in [6.07, 6.45) is 0. The minimum atomic E-state index is -0.696. The minimum Gasteiger partial charge on any atom is -0.310 e. The Balaban J connectivity index is 1.09. The van der Waals surface area contributed by atoms with E-state index in [9.17, 15) is 0 Å². The highest BCUT2D eigenvalue weighted by Crippen LogP contribution is 2.61. The van der Waals surface area contributed by atoms with E-state index in [1.165, 1.54) is 83.4 Å². The first-order chi connectivity index (χ1) is 46.9. The molecule has 458 valence electrons. The average molecular weight is 1230 g/mol. The van der Waals surface area contributed by atoms with Crippen molar-refractivity contribution in [2.75, 3.05) is 9.80 Å². The summed E-state index contributed by atoms with van der Waals surface area (Å²) in [7, 11) is 0. The Labute approximate surface area is 566 Å². The summed E-state index contributed by atoms with van der Waals surface area (Å²) < 4.78 is 0. The first kappa shape index (κ1) is 58.6. The van der Waals surface area contributed by atoms with Crippen molar-refractivity contribution in [1.82, 2.24) is 0 Å². The third-order valence-corrected chi connectivity index (χ3v) is 20.6. The van der Waals surface area contributed by atoms with Gasteiger partial charge in [0.25, 0.3) is 6.71 Å². The minimum absolute atomic E-state index is 0.158. The van der Waals surface area contributed by atoms with Crippen LogP contribution in [0.15, 0.2) is 334 Å². The maximum Gasteiger partial charge on any atom is 0.252 e. The highest BCUT2D eigenvalue weighted by molar-refractivity contribution is 7.00. The van der Waals surface area contributed by atoms with Crippen LogP contribution < -0.4 is 26.2 Å². The number of hydrogen-bond acceptors (Lipinski definition) is 2. The summed E-state index contributed by atoms with van der Waals surface area (Å²) in [5.41, 5.74) is 33.5. The van der Waals surface area contributed by atoms with E-state index in [1.807, 2.05) is 0 Å². The highest BCUT2D eigenvalue weighted by atomic mass is 15.2. The van der Waals surface area contributed by atoms with Gasteiger partial charge in [0.2, 0.25) is 0 Å². The van der Waals surface area contributed by atoms with Crippen LogP contribution in [0.5, 0.6) is 0 Å². The Kier molecular flexibility index (Phi) is 14.1. The van der Waals surface area contributed by atoms with Gasteiger partial charge in [-0.1, -0.05) is 339 Å². The zero-order valence-corrected chi connectivity index (χ0v) is 55.2. The summed E-state index contributed by atoms with van der Waals surface area (Å²) in [5.74, 6) is 0. The average Bonchev–Trinajstić information content (AvgIpc) is 1.20. The third-order valence-electron chi connectivity index (χ3n) is 20.6. The second kappa shape index (κ2) is 23.0. The van der Waals surface area contributed by atoms with Crippen LogP contribution in [-0.4, -0.2) is 6.71 Å². The quantitative estimate of drug-likeness (QED) is 0.126. The fourth-order valence-electron chi connectivity index (χ4n) is 16.1. The van der Waals surface area contributed by atoms with Crippen molar-refractivity contribution >= 4 is 57.2 Å². The van der Waals surface area contributed by atoms with Crippen LogP contribution in [0.1, 0.15) is 74.9 Å². The molecule has 0 aromatic heterocycles. The molecule has 3 aliphatic rings. The maximum absolute atomic E-state index is 2.74. The molecular weight excluding hydrogens is 1160 g/mol. The second-order valence-corrected chi connectivity index (χ2v) is 28.3. The van der Waals surface area contributed by atoms with Crippen molar-refractivity contribution in [2.45, 2.75) is 57.8 Å². The lowest BCUT2D eigenvalue weighted by atomic mass is 9.33. The topological polar surface area (TPSA) is 6.48 Å². The molecule has 3 heteroatoms. The van der Waals surface area contributed by atoms with E-state index in [0.29, 0.717) is 0 Å². The Morgan fingerprint density at radius 2 is 0.656 bits per heavy atom. The summed E-state index contributed by atoms with van der Waals surface area (Å²) in [5, 5.41) is 0. The molecule has 0 fully saturated rings. The molecule has 2 heterocycles. The van der Waals surface area contributed by atoms with Gasteiger partial charge in [0.15, 0.2) is 0 Å². The zero-order chi connectivity index (χ0) is 64.9. The Bertz CT molecular complexity index is 5130. The maximum atomic E-state index is 2.74. The lowest BCUT2D eigenvalue weighted by Crippen LogP contribution is -2.61. The molecule has 0 bridgehead atoms. The Morgan fingerprint density at radius 1 is 0.260 bits per heavy atom. The van der Waals surface area contributed by atoms with Gasteiger partial charge in [-0.3, -0.25) is 0 Å². The highest BCUT2D eigenvalue weighted by Gasteiger charge is 2.50. The summed E-state index contributed by atoms with van der Waals surface area (Å²) in [6, 6.07) is 126. The Morgan fingerprint density at radius 3 is 1.17 bits per heavy atom. The molecule has 0 saturated carbocycles. The van der Waals surface area contributed by atoms with E-state index in [-0.39, 0.29) is 17.5 Å². The van der Waals surface area contributed by atoms with Crippen LogP contribution in [0, 0.1) is 0 Å². The molecule has 0 unspecified atom stereocenters. The van der Waals surface area contributed by atoms with Crippen LogP contribution >= 0.6 is 0 Å². The van der Waals surface area contributed by atoms with Crippen molar-refractivity contribution in [3.05, 3.63) is 367 Å². The lowest BCUT2D eigenvalue weighted by Gasteiger charge is -2.46. The molecule has 17 rings (SSSR count). The van der Waals surface area contributed by atoms with E-state index < -0.39 is 5.41 Å². The van der Waals surface area contributed by atoms with Crippen LogP contribution in [0.25, 0.3) is 77.9 Å². The van der Waals surface area contributed by atoms with Gasteiger partial charge >= 0.3 is 0 Å². The molecule has 0 amide bonds. The molecule has 14 aromatic rings. The number of benzene rings is 14. The lowest BCUT2D eigenvalue weighted by molar-refractivity contribution is 0.590. The molecule has 0 radical (unpaired) electrons. The fraction of sp³-hybridized carbons (Fsp3) is 0.0968. The number of anilines is 6. The molecule has 0 spiro atoms. The van der Waals surface area contributed by atoms with Gasteiger partial charge in [0, 0.05) is 45.0 Å². The smallest absolute Gasteiger partial charge is 0.252 e. The van der Waals surface area contributed by atoms with Crippen LogP contribution in [0.4, 0.5) is 34.1 Å². The molecule has 2 aliphatic heterocycles. The van der Waals surface area contributed by atoms with E-state index in [0.717, 1.165) is 78.4 Å². The van der Waals surface area contributed by atoms with Crippen LogP contribution in [-0.2, 0) is 16.2 Å². The van der Waals surface area contributed by atoms with Crippen molar-refractivity contribution in [1.29, 1.82) is 0 Å². The third kappa shape index (κ3) is 9.46. The van der Waals surface area contributed by atoms with Gasteiger partial charge in [0.05, 0.1) is 16.8 Å². The van der Waals surface area contributed by atoms with Gasteiger partial charge in [-0.2, -0.15) is 0 Å². The van der Waals surface area contributed by atoms with E-state index >= 15 is 0 Å². The van der Waals surface area contributed by atoms with Gasteiger partial charge in [-0.15, -0.1) is 0 Å². The van der Waals surface area contributed by atoms with E-state index in [2.05, 4.69) is 385 Å². The number of para-hydroxylation sites is 1. The summed E-state index contributed by atoms with van der Waals surface area (Å²) >= 11 is 0. The molecule has 96 heavy (non-hydrogen) atoms. The van der Waals surface area contributed by atoms with Gasteiger partial charge in [0.1, 0.15) is 0 Å². The normalized spacial score (nSPS) is 13.3. The van der Waals surface area contributed by atoms with Crippen molar-refractivity contribution < 1.29 is 0 Å². The predicted octanol–water partition coefficient (Wildman–Crippen LogP) is 22.7. The predicted molar refractivity (Wildman–Crippen MR) is 408 cm³/mol. The molecule has 0 atom stereocenters. The molecule has 0 saturated heterocycles. The second-order valence-electron chi connectivity index (χ2n) is 28.3. The van der Waals surface area contributed by atoms with Crippen molar-refractivity contribution in [3.8, 4) is 77.9 Å². The van der Waals surface area contributed by atoms with Crippen LogP contribution in [0.2, 0.25) is 0 Å². The van der Waals surface area contributed by atoms with Crippen LogP contribution in [0.3, 0.4) is 0 Å². The molecule has 0 N–H and O–H groups in total. The summed E-state index contributed by atoms with van der Waals surface area (Å²) in [4.78, 5) is 5.44. The monoisotopic (exact) mass is 1230 g/mol. The summed E-state index contributed by atoms with van der Waals surface area (Å²) in [6.45, 7) is 14.0. The first-order valence-corrected chi connectivity index (χ1v) is 33.9. The SMILES string of the molecule is CC(C)(C)c1ccc2c(c1)B1c3ccc(C(C)(C)C)cc3N(c3c(-c4ccccc4)cc(-c4ccccc4)cc3-c3ccccc3)c3cc(-c4cccc5c4C(c4ccccc4)(c4ccccc4)c4ccccc4-5)cc(c31)N2c1c(-c2ccccc2)cccc1-c1ccccc1. The van der Waals surface area contributed by atoms with E-state index in [4.69, 9.17) is 0 Å². The zero-order valence-electron chi connectivity index (χ0n) is 55.2. The van der Waals surface area contributed by atoms with Gasteiger partial charge < -0.3 is 9.80 Å².